The Morgan fingerprint density at radius 2 is 2.10 bits per heavy atom. The molecular formula is C15H19ClN4O. The number of hydrogen-bond donors (Lipinski definition) is 1. The number of halogens is 1. The lowest BCUT2D eigenvalue weighted by atomic mass is 10.2. The normalized spacial score (nSPS) is 10.7. The van der Waals surface area contributed by atoms with Crippen LogP contribution < -0.4 is 10.1 Å². The van der Waals surface area contributed by atoms with E-state index in [0.29, 0.717) is 17.6 Å². The van der Waals surface area contributed by atoms with Crippen molar-refractivity contribution in [2.75, 3.05) is 5.32 Å². The van der Waals surface area contributed by atoms with Crippen molar-refractivity contribution in [3.63, 3.8) is 0 Å². The first-order valence-corrected chi connectivity index (χ1v) is 7.33. The highest BCUT2D eigenvalue weighted by Gasteiger charge is 2.10. The predicted molar refractivity (Wildman–Crippen MR) is 83.7 cm³/mol. The largest absolute Gasteiger partial charge is 0.475 e. The molecule has 2 rings (SSSR count). The molecule has 112 valence electrons. The second-order valence-corrected chi connectivity index (χ2v) is 5.19. The van der Waals surface area contributed by atoms with E-state index in [4.69, 9.17) is 16.3 Å². The van der Waals surface area contributed by atoms with Gasteiger partial charge in [-0.05, 0) is 26.3 Å². The fourth-order valence-corrected chi connectivity index (χ4v) is 2.19. The molecule has 0 amide bonds. The number of nitrogens with zero attached hydrogens (tertiary/aromatic N) is 3. The van der Waals surface area contributed by atoms with Gasteiger partial charge in [0.2, 0.25) is 5.88 Å². The van der Waals surface area contributed by atoms with E-state index in [2.05, 4.69) is 20.3 Å². The fourth-order valence-electron chi connectivity index (χ4n) is 1.92. The van der Waals surface area contributed by atoms with Gasteiger partial charge >= 0.3 is 0 Å². The maximum absolute atomic E-state index is 6.08. The molecular weight excluding hydrogens is 288 g/mol. The van der Waals surface area contributed by atoms with Crippen molar-refractivity contribution in [2.45, 2.75) is 39.8 Å². The number of pyridine rings is 1. The van der Waals surface area contributed by atoms with Gasteiger partial charge in [0.05, 0.1) is 6.10 Å². The van der Waals surface area contributed by atoms with Crippen molar-refractivity contribution in [3.05, 3.63) is 40.9 Å². The summed E-state index contributed by atoms with van der Waals surface area (Å²) in [5.41, 5.74) is 1.89. The zero-order chi connectivity index (χ0) is 15.2. The second-order valence-electron chi connectivity index (χ2n) is 4.83. The predicted octanol–water partition coefficient (Wildman–Crippen LogP) is 3.49. The summed E-state index contributed by atoms with van der Waals surface area (Å²) in [4.78, 5) is 12.5. The summed E-state index contributed by atoms with van der Waals surface area (Å²) in [6.07, 6.45) is 4.03. The maximum Gasteiger partial charge on any atom is 0.218 e. The molecule has 0 fully saturated rings. The van der Waals surface area contributed by atoms with Crippen molar-refractivity contribution < 1.29 is 4.74 Å². The third kappa shape index (κ3) is 4.04. The number of rotatable bonds is 6. The Labute approximate surface area is 129 Å². The van der Waals surface area contributed by atoms with Gasteiger partial charge in [0.15, 0.2) is 0 Å². The highest BCUT2D eigenvalue weighted by atomic mass is 35.5. The average Bonchev–Trinajstić information content (AvgIpc) is 2.46. The summed E-state index contributed by atoms with van der Waals surface area (Å²) < 4.78 is 5.70. The first-order valence-electron chi connectivity index (χ1n) is 6.95. The summed E-state index contributed by atoms with van der Waals surface area (Å²) in [6.45, 7) is 6.54. The van der Waals surface area contributed by atoms with E-state index in [1.807, 2.05) is 32.9 Å². The fraction of sp³-hybridized carbons (Fsp3) is 0.400. The summed E-state index contributed by atoms with van der Waals surface area (Å²) >= 11 is 6.08. The van der Waals surface area contributed by atoms with Crippen LogP contribution in [0.25, 0.3) is 0 Å². The lowest BCUT2D eigenvalue weighted by molar-refractivity contribution is 0.230. The zero-order valence-corrected chi connectivity index (χ0v) is 13.2. The second kappa shape index (κ2) is 7.22. The molecule has 0 aliphatic heterocycles. The zero-order valence-electron chi connectivity index (χ0n) is 12.4. The van der Waals surface area contributed by atoms with Crippen molar-refractivity contribution >= 4 is 17.4 Å². The molecule has 0 unspecified atom stereocenters. The van der Waals surface area contributed by atoms with Crippen LogP contribution in [0.4, 0.5) is 5.82 Å². The van der Waals surface area contributed by atoms with Crippen LogP contribution in [-0.4, -0.2) is 21.1 Å². The SMILES string of the molecule is CCc1c(Cl)ncnc1NCc1cccnc1OC(C)C. The van der Waals surface area contributed by atoms with Crippen molar-refractivity contribution in [2.24, 2.45) is 0 Å². The molecule has 0 saturated heterocycles. The highest BCUT2D eigenvalue weighted by Crippen LogP contribution is 2.22. The van der Waals surface area contributed by atoms with Crippen LogP contribution in [0.5, 0.6) is 5.88 Å². The summed E-state index contributed by atoms with van der Waals surface area (Å²) in [6, 6.07) is 3.87. The van der Waals surface area contributed by atoms with Gasteiger partial charge in [-0.2, -0.15) is 0 Å². The number of ether oxygens (including phenoxy) is 1. The van der Waals surface area contributed by atoms with E-state index in [9.17, 15) is 0 Å². The third-order valence-electron chi connectivity index (χ3n) is 2.89. The van der Waals surface area contributed by atoms with Gasteiger partial charge in [-0.15, -0.1) is 0 Å². The van der Waals surface area contributed by atoms with Gasteiger partial charge in [0.1, 0.15) is 17.3 Å². The lowest BCUT2D eigenvalue weighted by Crippen LogP contribution is -2.11. The molecule has 5 nitrogen and oxygen atoms in total. The van der Waals surface area contributed by atoms with E-state index >= 15 is 0 Å². The van der Waals surface area contributed by atoms with Gasteiger partial charge < -0.3 is 10.1 Å². The minimum Gasteiger partial charge on any atom is -0.475 e. The monoisotopic (exact) mass is 306 g/mol. The quantitative estimate of drug-likeness (QED) is 0.828. The van der Waals surface area contributed by atoms with Crippen LogP contribution in [0.1, 0.15) is 31.9 Å². The Kier molecular flexibility index (Phi) is 5.33. The van der Waals surface area contributed by atoms with Gasteiger partial charge in [0.25, 0.3) is 0 Å². The third-order valence-corrected chi connectivity index (χ3v) is 3.22. The molecule has 0 saturated carbocycles. The minimum absolute atomic E-state index is 0.0818. The van der Waals surface area contributed by atoms with E-state index in [-0.39, 0.29) is 6.10 Å². The number of aromatic nitrogens is 3. The Morgan fingerprint density at radius 3 is 2.81 bits per heavy atom. The van der Waals surface area contributed by atoms with Crippen LogP contribution in [0.2, 0.25) is 5.15 Å². The van der Waals surface area contributed by atoms with Gasteiger partial charge in [-0.1, -0.05) is 24.6 Å². The lowest BCUT2D eigenvalue weighted by Gasteiger charge is -2.14. The Balaban J connectivity index is 2.15. The van der Waals surface area contributed by atoms with E-state index < -0.39 is 0 Å². The Bertz CT molecular complexity index is 604. The summed E-state index contributed by atoms with van der Waals surface area (Å²) in [5, 5.41) is 3.77. The topological polar surface area (TPSA) is 59.9 Å². The molecule has 0 bridgehead atoms. The summed E-state index contributed by atoms with van der Waals surface area (Å²) in [7, 11) is 0. The van der Waals surface area contributed by atoms with Crippen LogP contribution >= 0.6 is 11.6 Å². The molecule has 0 aromatic carbocycles. The average molecular weight is 307 g/mol. The highest BCUT2D eigenvalue weighted by molar-refractivity contribution is 6.30. The molecule has 6 heteroatoms. The van der Waals surface area contributed by atoms with Crippen molar-refractivity contribution in [3.8, 4) is 5.88 Å². The number of nitrogens with one attached hydrogen (secondary N) is 1. The molecule has 0 spiro atoms. The van der Waals surface area contributed by atoms with E-state index in [0.717, 1.165) is 23.4 Å². The molecule has 1 N–H and O–H groups in total. The Morgan fingerprint density at radius 1 is 1.29 bits per heavy atom. The van der Waals surface area contributed by atoms with E-state index in [1.165, 1.54) is 6.33 Å². The van der Waals surface area contributed by atoms with Crippen molar-refractivity contribution in [1.82, 2.24) is 15.0 Å². The first-order chi connectivity index (χ1) is 10.1. The van der Waals surface area contributed by atoms with Gasteiger partial charge in [-0.3, -0.25) is 0 Å². The molecule has 2 aromatic rings. The summed E-state index contributed by atoms with van der Waals surface area (Å²) in [5.74, 6) is 1.38. The van der Waals surface area contributed by atoms with Crippen LogP contribution in [-0.2, 0) is 13.0 Å². The molecule has 0 aliphatic carbocycles. The molecule has 0 radical (unpaired) electrons. The molecule has 2 aromatic heterocycles. The first kappa shape index (κ1) is 15.5. The minimum atomic E-state index is 0.0818. The van der Waals surface area contributed by atoms with Crippen LogP contribution in [0.15, 0.2) is 24.7 Å². The molecule has 0 aliphatic rings. The molecule has 2 heterocycles. The Hall–Kier alpha value is -1.88. The van der Waals surface area contributed by atoms with Gasteiger partial charge in [0, 0.05) is 23.9 Å². The van der Waals surface area contributed by atoms with Gasteiger partial charge in [-0.25, -0.2) is 15.0 Å². The van der Waals surface area contributed by atoms with E-state index in [1.54, 1.807) is 6.20 Å². The standard InChI is InChI=1S/C15H19ClN4O/c1-4-12-13(16)19-9-20-14(12)18-8-11-6-5-7-17-15(11)21-10(2)3/h5-7,9-10H,4,8H2,1-3H3,(H,18,19,20). The maximum atomic E-state index is 6.08. The van der Waals surface area contributed by atoms with Crippen LogP contribution in [0, 0.1) is 0 Å². The molecule has 0 atom stereocenters. The number of anilines is 1. The number of hydrogen-bond acceptors (Lipinski definition) is 5. The van der Waals surface area contributed by atoms with Crippen molar-refractivity contribution in [1.29, 1.82) is 0 Å². The molecule has 21 heavy (non-hydrogen) atoms. The van der Waals surface area contributed by atoms with Crippen LogP contribution in [0.3, 0.4) is 0 Å². The smallest absolute Gasteiger partial charge is 0.218 e.